The SMILES string of the molecule is CC(C)(C)CC1(C)CC1.CC(C)(C)CC1(C)CCOCC1. The molecule has 0 atom stereocenters. The van der Waals surface area contributed by atoms with Crippen molar-refractivity contribution in [3.63, 3.8) is 0 Å². The van der Waals surface area contributed by atoms with Gasteiger partial charge in [-0.1, -0.05) is 55.4 Å². The Labute approximate surface area is 134 Å². The van der Waals surface area contributed by atoms with Crippen LogP contribution in [-0.2, 0) is 4.74 Å². The van der Waals surface area contributed by atoms with Crippen LogP contribution < -0.4 is 0 Å². The van der Waals surface area contributed by atoms with Crippen molar-refractivity contribution >= 4 is 0 Å². The van der Waals surface area contributed by atoms with Gasteiger partial charge in [0.25, 0.3) is 0 Å². The molecule has 0 amide bonds. The molecule has 0 spiro atoms. The van der Waals surface area contributed by atoms with Gasteiger partial charge < -0.3 is 4.74 Å². The highest BCUT2D eigenvalue weighted by Gasteiger charge is 2.40. The zero-order valence-corrected chi connectivity index (χ0v) is 16.1. The standard InChI is InChI=1S/C11H22O.C9H18/c1-10(2,3)9-11(4)5-7-12-8-6-11;1-8(2,3)7-9(4)5-6-9/h5-9H2,1-4H3;5-7H2,1-4H3. The van der Waals surface area contributed by atoms with Crippen molar-refractivity contribution in [2.45, 2.75) is 93.9 Å². The van der Waals surface area contributed by atoms with E-state index in [-0.39, 0.29) is 0 Å². The Morgan fingerprint density at radius 2 is 1.00 bits per heavy atom. The molecule has 0 aromatic heterocycles. The van der Waals surface area contributed by atoms with Gasteiger partial charge in [0.05, 0.1) is 0 Å². The lowest BCUT2D eigenvalue weighted by atomic mass is 9.71. The molecule has 1 nitrogen and oxygen atoms in total. The first-order chi connectivity index (χ1) is 9.33. The maximum absolute atomic E-state index is 5.38. The second-order valence-corrected chi connectivity index (χ2v) is 10.7. The summed E-state index contributed by atoms with van der Waals surface area (Å²) in [6.07, 6.45) is 8.13. The van der Waals surface area contributed by atoms with Crippen molar-refractivity contribution in [2.75, 3.05) is 13.2 Å². The molecule has 1 heterocycles. The Hall–Kier alpha value is -0.0400. The van der Waals surface area contributed by atoms with Crippen LogP contribution in [-0.4, -0.2) is 13.2 Å². The van der Waals surface area contributed by atoms with E-state index in [9.17, 15) is 0 Å². The highest BCUT2D eigenvalue weighted by molar-refractivity contribution is 4.91. The molecular weight excluding hydrogens is 256 g/mol. The first-order valence-corrected chi connectivity index (χ1v) is 8.91. The summed E-state index contributed by atoms with van der Waals surface area (Å²) in [5, 5.41) is 0. The molecule has 0 N–H and O–H groups in total. The third kappa shape index (κ3) is 8.86. The van der Waals surface area contributed by atoms with Crippen LogP contribution in [0.2, 0.25) is 0 Å². The van der Waals surface area contributed by atoms with Gasteiger partial charge in [-0.15, -0.1) is 0 Å². The second kappa shape index (κ2) is 6.60. The normalized spacial score (nSPS) is 24.0. The van der Waals surface area contributed by atoms with Gasteiger partial charge in [-0.2, -0.15) is 0 Å². The summed E-state index contributed by atoms with van der Waals surface area (Å²) in [6, 6.07) is 0. The van der Waals surface area contributed by atoms with Crippen molar-refractivity contribution in [2.24, 2.45) is 21.7 Å². The van der Waals surface area contributed by atoms with E-state index in [2.05, 4.69) is 55.4 Å². The van der Waals surface area contributed by atoms with Gasteiger partial charge in [-0.3, -0.25) is 0 Å². The van der Waals surface area contributed by atoms with Crippen molar-refractivity contribution < 1.29 is 4.74 Å². The third-order valence-electron chi connectivity index (χ3n) is 4.72. The molecule has 21 heavy (non-hydrogen) atoms. The fourth-order valence-electron chi connectivity index (χ4n) is 3.99. The second-order valence-electron chi connectivity index (χ2n) is 10.7. The van der Waals surface area contributed by atoms with Gasteiger partial charge in [-0.05, 0) is 60.2 Å². The van der Waals surface area contributed by atoms with Gasteiger partial charge >= 0.3 is 0 Å². The lowest BCUT2D eigenvalue weighted by Crippen LogP contribution is -2.30. The summed E-state index contributed by atoms with van der Waals surface area (Å²) in [5.74, 6) is 0. The van der Waals surface area contributed by atoms with Gasteiger partial charge in [-0.25, -0.2) is 0 Å². The number of hydrogen-bond acceptors (Lipinski definition) is 1. The number of rotatable bonds is 2. The summed E-state index contributed by atoms with van der Waals surface area (Å²) in [5.41, 5.74) is 2.28. The quantitative estimate of drug-likeness (QED) is 0.568. The van der Waals surface area contributed by atoms with Crippen molar-refractivity contribution in [3.05, 3.63) is 0 Å². The minimum absolute atomic E-state index is 0.464. The molecule has 1 saturated carbocycles. The van der Waals surface area contributed by atoms with Gasteiger partial charge in [0.15, 0.2) is 0 Å². The zero-order chi connectivity index (χ0) is 16.4. The Morgan fingerprint density at radius 1 is 0.667 bits per heavy atom. The van der Waals surface area contributed by atoms with Crippen LogP contribution in [0.3, 0.4) is 0 Å². The van der Waals surface area contributed by atoms with E-state index in [1.54, 1.807) is 0 Å². The molecular formula is C20H40O. The van der Waals surface area contributed by atoms with E-state index in [1.807, 2.05) is 0 Å². The smallest absolute Gasteiger partial charge is 0.0471 e. The van der Waals surface area contributed by atoms with E-state index in [1.165, 1.54) is 38.5 Å². The maximum Gasteiger partial charge on any atom is 0.0471 e. The average molecular weight is 297 g/mol. The molecule has 1 heteroatoms. The monoisotopic (exact) mass is 296 g/mol. The fourth-order valence-corrected chi connectivity index (χ4v) is 3.99. The molecule has 0 radical (unpaired) electrons. The van der Waals surface area contributed by atoms with E-state index in [0.717, 1.165) is 18.6 Å². The van der Waals surface area contributed by atoms with Gasteiger partial charge in [0, 0.05) is 13.2 Å². The van der Waals surface area contributed by atoms with Crippen molar-refractivity contribution in [3.8, 4) is 0 Å². The lowest BCUT2D eigenvalue weighted by Gasteiger charge is -2.38. The molecule has 1 aliphatic carbocycles. The van der Waals surface area contributed by atoms with Crippen LogP contribution >= 0.6 is 0 Å². The molecule has 2 rings (SSSR count). The number of ether oxygens (including phenoxy) is 1. The zero-order valence-electron chi connectivity index (χ0n) is 16.1. The summed E-state index contributed by atoms with van der Waals surface area (Å²) < 4.78 is 5.38. The summed E-state index contributed by atoms with van der Waals surface area (Å²) in [6.45, 7) is 20.7. The molecule has 2 aliphatic rings. The Balaban J connectivity index is 0.000000219. The van der Waals surface area contributed by atoms with Crippen LogP contribution in [0.15, 0.2) is 0 Å². The predicted molar refractivity (Wildman–Crippen MR) is 93.6 cm³/mol. The minimum Gasteiger partial charge on any atom is -0.381 e. The average Bonchev–Trinajstić information content (AvgIpc) is 2.90. The Bertz CT molecular complexity index is 302. The van der Waals surface area contributed by atoms with Crippen LogP contribution in [0, 0.1) is 21.7 Å². The minimum atomic E-state index is 0.464. The van der Waals surface area contributed by atoms with Gasteiger partial charge in [0.1, 0.15) is 0 Å². The molecule has 0 unspecified atom stereocenters. The highest BCUT2D eigenvalue weighted by Crippen LogP contribution is 2.52. The third-order valence-corrected chi connectivity index (χ3v) is 4.72. The fraction of sp³-hybridized carbons (Fsp3) is 1.00. The topological polar surface area (TPSA) is 9.23 Å². The van der Waals surface area contributed by atoms with E-state index in [0.29, 0.717) is 16.2 Å². The molecule has 126 valence electrons. The summed E-state index contributed by atoms with van der Waals surface area (Å²) in [4.78, 5) is 0. The molecule has 1 saturated heterocycles. The first kappa shape index (κ1) is 19.0. The summed E-state index contributed by atoms with van der Waals surface area (Å²) >= 11 is 0. The lowest BCUT2D eigenvalue weighted by molar-refractivity contribution is 0.00424. The van der Waals surface area contributed by atoms with E-state index < -0.39 is 0 Å². The van der Waals surface area contributed by atoms with Crippen molar-refractivity contribution in [1.29, 1.82) is 0 Å². The van der Waals surface area contributed by atoms with E-state index >= 15 is 0 Å². The van der Waals surface area contributed by atoms with Gasteiger partial charge in [0.2, 0.25) is 0 Å². The molecule has 0 bridgehead atoms. The first-order valence-electron chi connectivity index (χ1n) is 8.91. The molecule has 1 aliphatic heterocycles. The van der Waals surface area contributed by atoms with Crippen LogP contribution in [0.25, 0.3) is 0 Å². The van der Waals surface area contributed by atoms with Crippen LogP contribution in [0.4, 0.5) is 0 Å². The van der Waals surface area contributed by atoms with Crippen molar-refractivity contribution in [1.82, 2.24) is 0 Å². The predicted octanol–water partition coefficient (Wildman–Crippen LogP) is 6.46. The molecule has 0 aromatic rings. The Kier molecular flexibility index (Phi) is 5.98. The van der Waals surface area contributed by atoms with Crippen LogP contribution in [0.5, 0.6) is 0 Å². The number of hydrogen-bond donors (Lipinski definition) is 0. The highest BCUT2D eigenvalue weighted by atomic mass is 16.5. The molecule has 0 aromatic carbocycles. The van der Waals surface area contributed by atoms with Crippen LogP contribution in [0.1, 0.15) is 93.9 Å². The maximum atomic E-state index is 5.38. The molecule has 2 fully saturated rings. The largest absolute Gasteiger partial charge is 0.381 e. The van der Waals surface area contributed by atoms with E-state index in [4.69, 9.17) is 4.74 Å². The Morgan fingerprint density at radius 3 is 1.24 bits per heavy atom. The summed E-state index contributed by atoms with van der Waals surface area (Å²) in [7, 11) is 0.